The molecule has 1 amide bonds. The number of nitrogens with two attached hydrogens (primary N) is 1. The molecule has 1 aliphatic rings. The highest BCUT2D eigenvalue weighted by Crippen LogP contribution is 2.26. The van der Waals surface area contributed by atoms with Gasteiger partial charge in [-0.2, -0.15) is 0 Å². The Hall–Kier alpha value is -0.850. The Labute approximate surface area is 156 Å². The number of benzene rings is 1. The Morgan fingerprint density at radius 3 is 2.65 bits per heavy atom. The molecule has 3 rings (SSSR count). The number of thiazole rings is 1. The number of carbonyl (C=O) groups excluding carboxylic acids is 1. The summed E-state index contributed by atoms with van der Waals surface area (Å²) in [4.78, 5) is 18.7. The quantitative estimate of drug-likeness (QED) is 0.841. The molecule has 0 bridgehead atoms. The third-order valence-corrected chi connectivity index (χ3v) is 4.75. The van der Waals surface area contributed by atoms with Crippen LogP contribution >= 0.6 is 47.8 Å². The zero-order chi connectivity index (χ0) is 14.8. The SMILES string of the molecule is Cl.Cl.NC1CCN(C(=O)c2csc(-c3cccc(Cl)c3)n2)CC1. The lowest BCUT2D eigenvalue weighted by Crippen LogP contribution is -2.42. The first-order chi connectivity index (χ1) is 10.1. The summed E-state index contributed by atoms with van der Waals surface area (Å²) in [6.45, 7) is 1.42. The minimum absolute atomic E-state index is 0. The van der Waals surface area contributed by atoms with E-state index in [-0.39, 0.29) is 36.8 Å². The van der Waals surface area contributed by atoms with Gasteiger partial charge in [0.25, 0.3) is 5.91 Å². The highest BCUT2D eigenvalue weighted by atomic mass is 35.5. The van der Waals surface area contributed by atoms with Gasteiger partial charge in [0.1, 0.15) is 10.7 Å². The van der Waals surface area contributed by atoms with Crippen LogP contribution in [0.1, 0.15) is 23.3 Å². The van der Waals surface area contributed by atoms with Crippen LogP contribution < -0.4 is 5.73 Å². The molecule has 0 radical (unpaired) electrons. The molecule has 0 unspecified atom stereocenters. The number of carbonyl (C=O) groups is 1. The number of likely N-dealkylation sites (tertiary alicyclic amines) is 1. The molecule has 0 spiro atoms. The third-order valence-electron chi connectivity index (χ3n) is 3.62. The van der Waals surface area contributed by atoms with Crippen LogP contribution in [0.4, 0.5) is 0 Å². The minimum atomic E-state index is -0.00794. The molecule has 2 aromatic rings. The van der Waals surface area contributed by atoms with Crippen LogP contribution in [0.3, 0.4) is 0 Å². The van der Waals surface area contributed by atoms with Gasteiger partial charge >= 0.3 is 0 Å². The maximum absolute atomic E-state index is 12.4. The van der Waals surface area contributed by atoms with E-state index in [4.69, 9.17) is 17.3 Å². The number of nitrogens with zero attached hydrogens (tertiary/aromatic N) is 2. The fourth-order valence-electron chi connectivity index (χ4n) is 2.39. The molecule has 23 heavy (non-hydrogen) atoms. The van der Waals surface area contributed by atoms with E-state index in [1.54, 1.807) is 0 Å². The molecule has 2 heterocycles. The normalized spacial score (nSPS) is 14.8. The molecular formula is C15H18Cl3N3OS. The van der Waals surface area contributed by atoms with Crippen LogP contribution in [-0.2, 0) is 0 Å². The topological polar surface area (TPSA) is 59.2 Å². The summed E-state index contributed by atoms with van der Waals surface area (Å²) in [5.41, 5.74) is 7.31. The molecule has 0 aliphatic carbocycles. The van der Waals surface area contributed by atoms with Gasteiger partial charge in [0, 0.05) is 35.1 Å². The maximum atomic E-state index is 12.4. The standard InChI is InChI=1S/C15H16ClN3OS.2ClH/c16-11-3-1-2-10(8-11)14-18-13(9-21-14)15(20)19-6-4-12(17)5-7-19;;/h1-3,8-9,12H,4-7,17H2;2*1H. The summed E-state index contributed by atoms with van der Waals surface area (Å²) in [6, 6.07) is 7.72. The van der Waals surface area contributed by atoms with Gasteiger partial charge in [-0.25, -0.2) is 4.98 Å². The Morgan fingerprint density at radius 1 is 1.30 bits per heavy atom. The van der Waals surface area contributed by atoms with Gasteiger partial charge in [-0.1, -0.05) is 23.7 Å². The van der Waals surface area contributed by atoms with Crippen LogP contribution in [-0.4, -0.2) is 34.9 Å². The lowest BCUT2D eigenvalue weighted by Gasteiger charge is -2.29. The van der Waals surface area contributed by atoms with Gasteiger partial charge in [-0.05, 0) is 25.0 Å². The number of rotatable bonds is 2. The highest BCUT2D eigenvalue weighted by Gasteiger charge is 2.23. The summed E-state index contributed by atoms with van der Waals surface area (Å²) < 4.78 is 0. The van der Waals surface area contributed by atoms with Crippen molar-refractivity contribution in [1.82, 2.24) is 9.88 Å². The molecule has 1 fully saturated rings. The first-order valence-electron chi connectivity index (χ1n) is 6.90. The van der Waals surface area contributed by atoms with Gasteiger partial charge < -0.3 is 10.6 Å². The highest BCUT2D eigenvalue weighted by molar-refractivity contribution is 7.13. The number of amides is 1. The zero-order valence-corrected chi connectivity index (χ0v) is 15.5. The molecule has 0 saturated carbocycles. The Balaban J connectivity index is 0.00000132. The van der Waals surface area contributed by atoms with E-state index in [0.717, 1.165) is 23.4 Å². The van der Waals surface area contributed by atoms with Crippen molar-refractivity contribution in [1.29, 1.82) is 0 Å². The van der Waals surface area contributed by atoms with Crippen molar-refractivity contribution in [3.63, 3.8) is 0 Å². The average Bonchev–Trinajstić information content (AvgIpc) is 2.97. The largest absolute Gasteiger partial charge is 0.337 e. The second-order valence-corrected chi connectivity index (χ2v) is 6.47. The summed E-state index contributed by atoms with van der Waals surface area (Å²) in [7, 11) is 0. The second-order valence-electron chi connectivity index (χ2n) is 5.18. The summed E-state index contributed by atoms with van der Waals surface area (Å²) >= 11 is 7.45. The van der Waals surface area contributed by atoms with Gasteiger partial charge in [0.05, 0.1) is 0 Å². The lowest BCUT2D eigenvalue weighted by atomic mass is 10.1. The van der Waals surface area contributed by atoms with Crippen molar-refractivity contribution in [3.05, 3.63) is 40.4 Å². The summed E-state index contributed by atoms with van der Waals surface area (Å²) in [5, 5.41) is 3.29. The number of piperidine rings is 1. The van der Waals surface area contributed by atoms with Crippen molar-refractivity contribution < 1.29 is 4.79 Å². The average molecular weight is 395 g/mol. The van der Waals surface area contributed by atoms with E-state index in [9.17, 15) is 4.79 Å². The van der Waals surface area contributed by atoms with Gasteiger partial charge in [-0.3, -0.25) is 4.79 Å². The van der Waals surface area contributed by atoms with E-state index in [0.29, 0.717) is 23.8 Å². The molecule has 4 nitrogen and oxygen atoms in total. The zero-order valence-electron chi connectivity index (χ0n) is 12.3. The van der Waals surface area contributed by atoms with Crippen LogP contribution in [0.5, 0.6) is 0 Å². The molecule has 1 aromatic heterocycles. The van der Waals surface area contributed by atoms with Crippen LogP contribution in [0.25, 0.3) is 10.6 Å². The van der Waals surface area contributed by atoms with E-state index in [2.05, 4.69) is 4.98 Å². The number of hydrogen-bond donors (Lipinski definition) is 1. The second kappa shape index (κ2) is 8.85. The predicted octanol–water partition coefficient (Wildman–Crippen LogP) is 3.87. The van der Waals surface area contributed by atoms with Crippen molar-refractivity contribution >= 4 is 53.7 Å². The first kappa shape index (κ1) is 20.2. The van der Waals surface area contributed by atoms with E-state index in [1.165, 1.54) is 11.3 Å². The first-order valence-corrected chi connectivity index (χ1v) is 8.15. The number of aromatic nitrogens is 1. The molecule has 1 aromatic carbocycles. The molecule has 126 valence electrons. The number of hydrogen-bond acceptors (Lipinski definition) is 4. The van der Waals surface area contributed by atoms with E-state index in [1.807, 2.05) is 34.5 Å². The Bertz CT molecular complexity index is 657. The molecule has 1 saturated heterocycles. The van der Waals surface area contributed by atoms with Gasteiger partial charge in [0.15, 0.2) is 0 Å². The molecule has 1 aliphatic heterocycles. The van der Waals surface area contributed by atoms with Crippen molar-refractivity contribution in [2.75, 3.05) is 13.1 Å². The summed E-state index contributed by atoms with van der Waals surface area (Å²) in [6.07, 6.45) is 1.72. The lowest BCUT2D eigenvalue weighted by molar-refractivity contribution is 0.0709. The molecule has 0 atom stereocenters. The van der Waals surface area contributed by atoms with Gasteiger partial charge in [-0.15, -0.1) is 36.2 Å². The predicted molar refractivity (Wildman–Crippen MR) is 100 cm³/mol. The fraction of sp³-hybridized carbons (Fsp3) is 0.333. The smallest absolute Gasteiger partial charge is 0.273 e. The minimum Gasteiger partial charge on any atom is -0.337 e. The number of halogens is 3. The Morgan fingerprint density at radius 2 is 2.00 bits per heavy atom. The Kier molecular flexibility index (Phi) is 7.77. The molecule has 8 heteroatoms. The van der Waals surface area contributed by atoms with Crippen LogP contribution in [0.15, 0.2) is 29.6 Å². The van der Waals surface area contributed by atoms with Gasteiger partial charge in [0.2, 0.25) is 0 Å². The molecule has 2 N–H and O–H groups in total. The maximum Gasteiger partial charge on any atom is 0.273 e. The van der Waals surface area contributed by atoms with Crippen LogP contribution in [0.2, 0.25) is 5.02 Å². The van der Waals surface area contributed by atoms with Crippen molar-refractivity contribution in [2.24, 2.45) is 5.73 Å². The van der Waals surface area contributed by atoms with Crippen LogP contribution in [0, 0.1) is 0 Å². The monoisotopic (exact) mass is 393 g/mol. The third kappa shape index (κ3) is 4.81. The van der Waals surface area contributed by atoms with E-state index >= 15 is 0 Å². The van der Waals surface area contributed by atoms with E-state index < -0.39 is 0 Å². The van der Waals surface area contributed by atoms with Crippen molar-refractivity contribution in [2.45, 2.75) is 18.9 Å². The fourth-order valence-corrected chi connectivity index (χ4v) is 3.37. The summed E-state index contributed by atoms with van der Waals surface area (Å²) in [5.74, 6) is -0.00794. The van der Waals surface area contributed by atoms with Crippen molar-refractivity contribution in [3.8, 4) is 10.6 Å². The molecular weight excluding hydrogens is 377 g/mol.